The third-order valence-corrected chi connectivity index (χ3v) is 5.00. The molecule has 0 saturated carbocycles. The first-order valence-electron chi connectivity index (χ1n) is 9.53. The van der Waals surface area contributed by atoms with Crippen LogP contribution in [0.25, 0.3) is 0 Å². The van der Waals surface area contributed by atoms with Gasteiger partial charge in [-0.2, -0.15) is 0 Å². The Labute approximate surface area is 177 Å². The Bertz CT molecular complexity index is 1000. The van der Waals surface area contributed by atoms with Crippen LogP contribution in [0.3, 0.4) is 0 Å². The molecule has 3 heterocycles. The van der Waals surface area contributed by atoms with Crippen LogP contribution >= 0.6 is 15.9 Å². The number of aryl methyl sites for hydroxylation is 2. The Morgan fingerprint density at radius 1 is 1.10 bits per heavy atom. The first-order chi connectivity index (χ1) is 14.0. The smallest absolute Gasteiger partial charge is 0.255 e. The van der Waals surface area contributed by atoms with Gasteiger partial charge in [0, 0.05) is 58.5 Å². The number of halogens is 1. The highest BCUT2D eigenvalue weighted by Gasteiger charge is 2.06. The van der Waals surface area contributed by atoms with E-state index < -0.39 is 0 Å². The van der Waals surface area contributed by atoms with Gasteiger partial charge in [-0.1, -0.05) is 6.07 Å². The highest BCUT2D eigenvalue weighted by atomic mass is 79.9. The summed E-state index contributed by atoms with van der Waals surface area (Å²) < 4.78 is 0.865. The van der Waals surface area contributed by atoms with Crippen molar-refractivity contribution < 1.29 is 5.11 Å². The van der Waals surface area contributed by atoms with Crippen molar-refractivity contribution in [2.75, 3.05) is 11.9 Å². The molecule has 3 N–H and O–H groups in total. The van der Waals surface area contributed by atoms with E-state index in [1.165, 1.54) is 0 Å². The van der Waals surface area contributed by atoms with Gasteiger partial charge in [0.05, 0.1) is 6.61 Å². The first kappa shape index (κ1) is 21.1. The molecular formula is C21H24BrN5O2. The van der Waals surface area contributed by atoms with Gasteiger partial charge in [-0.15, -0.1) is 0 Å². The predicted molar refractivity (Wildman–Crippen MR) is 116 cm³/mol. The second kappa shape index (κ2) is 10.3. The number of pyridine rings is 2. The van der Waals surface area contributed by atoms with Crippen molar-refractivity contribution in [1.82, 2.24) is 19.9 Å². The van der Waals surface area contributed by atoms with Gasteiger partial charge in [0.15, 0.2) is 0 Å². The molecule has 0 fully saturated rings. The van der Waals surface area contributed by atoms with Gasteiger partial charge in [0.1, 0.15) is 0 Å². The number of nitrogens with one attached hydrogen (secondary N) is 2. The third-order valence-electron chi connectivity index (χ3n) is 4.57. The summed E-state index contributed by atoms with van der Waals surface area (Å²) in [6.45, 7) is 2.60. The van der Waals surface area contributed by atoms with Crippen molar-refractivity contribution in [3.8, 4) is 0 Å². The molecule has 152 valence electrons. The largest absolute Gasteiger partial charge is 0.392 e. The Morgan fingerprint density at radius 2 is 1.97 bits per heavy atom. The predicted octanol–water partition coefficient (Wildman–Crippen LogP) is 3.15. The maximum Gasteiger partial charge on any atom is 0.255 e. The van der Waals surface area contributed by atoms with E-state index in [9.17, 15) is 9.90 Å². The van der Waals surface area contributed by atoms with Gasteiger partial charge in [-0.05, 0) is 59.8 Å². The Morgan fingerprint density at radius 3 is 2.69 bits per heavy atom. The molecular weight excluding hydrogens is 434 g/mol. The van der Waals surface area contributed by atoms with E-state index in [2.05, 4.69) is 41.2 Å². The molecule has 0 aromatic carbocycles. The minimum Gasteiger partial charge on any atom is -0.392 e. The normalized spacial score (nSPS) is 10.9. The molecule has 0 aliphatic rings. The van der Waals surface area contributed by atoms with Crippen molar-refractivity contribution in [2.45, 2.75) is 39.2 Å². The minimum atomic E-state index is -0.144. The average Bonchev–Trinajstić information content (AvgIpc) is 2.72. The topological polar surface area (TPSA) is 104 Å². The number of aliphatic hydroxyl groups is 1. The van der Waals surface area contributed by atoms with Crippen molar-refractivity contribution in [2.24, 2.45) is 0 Å². The van der Waals surface area contributed by atoms with E-state index in [1.54, 1.807) is 18.6 Å². The zero-order valence-corrected chi connectivity index (χ0v) is 17.9. The first-order valence-corrected chi connectivity index (χ1v) is 10.3. The zero-order valence-electron chi connectivity index (χ0n) is 16.3. The SMILES string of the molecule is Cc1ccc(Cc2cnc(NCCCCc3ncc(Br)cc3CO)[nH]c2=O)cn1. The highest BCUT2D eigenvalue weighted by molar-refractivity contribution is 9.10. The number of rotatable bonds is 9. The maximum absolute atomic E-state index is 12.3. The lowest BCUT2D eigenvalue weighted by Crippen LogP contribution is -2.17. The van der Waals surface area contributed by atoms with Gasteiger partial charge in [0.25, 0.3) is 5.56 Å². The summed E-state index contributed by atoms with van der Waals surface area (Å²) in [5.41, 5.74) is 4.15. The van der Waals surface area contributed by atoms with Crippen LogP contribution in [0.1, 0.15) is 40.9 Å². The molecule has 7 nitrogen and oxygen atoms in total. The highest BCUT2D eigenvalue weighted by Crippen LogP contribution is 2.16. The second-order valence-electron chi connectivity index (χ2n) is 6.87. The van der Waals surface area contributed by atoms with Crippen molar-refractivity contribution >= 4 is 21.9 Å². The molecule has 0 spiro atoms. The third kappa shape index (κ3) is 6.20. The van der Waals surface area contributed by atoms with Crippen LogP contribution in [0, 0.1) is 6.92 Å². The number of aromatic amines is 1. The van der Waals surface area contributed by atoms with Gasteiger partial charge >= 0.3 is 0 Å². The standard InChI is InChI=1S/C21H24BrN5O2/c1-14-5-6-15(10-24-14)8-16-11-26-21(27-20(16)29)23-7-3-2-4-19-17(13-28)9-18(22)12-25-19/h5-6,9-12,28H,2-4,7-8,13H2,1H3,(H2,23,26,27,29). The number of unbranched alkanes of at least 4 members (excludes halogenated alkanes) is 1. The average molecular weight is 458 g/mol. The van der Waals surface area contributed by atoms with E-state index in [0.29, 0.717) is 24.5 Å². The molecule has 0 aliphatic carbocycles. The lowest BCUT2D eigenvalue weighted by Gasteiger charge is -2.08. The Hall–Kier alpha value is -2.58. The van der Waals surface area contributed by atoms with E-state index >= 15 is 0 Å². The lowest BCUT2D eigenvalue weighted by atomic mass is 10.1. The van der Waals surface area contributed by atoms with E-state index in [0.717, 1.165) is 46.2 Å². The molecule has 0 bridgehead atoms. The molecule has 0 radical (unpaired) electrons. The molecule has 3 aromatic rings. The molecule has 8 heteroatoms. The van der Waals surface area contributed by atoms with E-state index in [-0.39, 0.29) is 12.2 Å². The molecule has 3 aromatic heterocycles. The molecule has 0 unspecified atom stereocenters. The maximum atomic E-state index is 12.3. The van der Waals surface area contributed by atoms with Crippen LogP contribution in [0.5, 0.6) is 0 Å². The van der Waals surface area contributed by atoms with E-state index in [4.69, 9.17) is 0 Å². The molecule has 0 saturated heterocycles. The molecule has 29 heavy (non-hydrogen) atoms. The zero-order chi connectivity index (χ0) is 20.6. The molecule has 3 rings (SSSR count). The quantitative estimate of drug-likeness (QED) is 0.426. The summed E-state index contributed by atoms with van der Waals surface area (Å²) in [5.74, 6) is 0.471. The van der Waals surface area contributed by atoms with Crippen LogP contribution < -0.4 is 10.9 Å². The van der Waals surface area contributed by atoms with Crippen molar-refractivity contribution in [1.29, 1.82) is 0 Å². The van der Waals surface area contributed by atoms with Crippen molar-refractivity contribution in [3.05, 3.63) is 79.7 Å². The number of H-pyrrole nitrogens is 1. The summed E-state index contributed by atoms with van der Waals surface area (Å²) in [5, 5.41) is 12.6. The summed E-state index contributed by atoms with van der Waals surface area (Å²) in [6.07, 6.45) is 8.24. The Balaban J connectivity index is 1.47. The number of anilines is 1. The van der Waals surface area contributed by atoms with Crippen LogP contribution in [-0.2, 0) is 19.4 Å². The number of nitrogens with zero attached hydrogens (tertiary/aromatic N) is 3. The van der Waals surface area contributed by atoms with Crippen LogP contribution in [-0.4, -0.2) is 31.6 Å². The van der Waals surface area contributed by atoms with Gasteiger partial charge in [-0.25, -0.2) is 4.98 Å². The van der Waals surface area contributed by atoms with Gasteiger partial charge in [0.2, 0.25) is 5.95 Å². The van der Waals surface area contributed by atoms with Crippen LogP contribution in [0.2, 0.25) is 0 Å². The summed E-state index contributed by atoms with van der Waals surface area (Å²) in [4.78, 5) is 28.0. The van der Waals surface area contributed by atoms with Crippen molar-refractivity contribution in [3.63, 3.8) is 0 Å². The number of aromatic nitrogens is 4. The number of aliphatic hydroxyl groups excluding tert-OH is 1. The number of hydrogen-bond donors (Lipinski definition) is 3. The monoisotopic (exact) mass is 457 g/mol. The van der Waals surface area contributed by atoms with Gasteiger partial charge < -0.3 is 10.4 Å². The summed E-state index contributed by atoms with van der Waals surface area (Å²) >= 11 is 3.37. The van der Waals surface area contributed by atoms with E-state index in [1.807, 2.05) is 25.1 Å². The summed E-state index contributed by atoms with van der Waals surface area (Å²) in [7, 11) is 0. The fourth-order valence-corrected chi connectivity index (χ4v) is 3.33. The summed E-state index contributed by atoms with van der Waals surface area (Å²) in [6, 6.07) is 5.79. The second-order valence-corrected chi connectivity index (χ2v) is 7.79. The lowest BCUT2D eigenvalue weighted by molar-refractivity contribution is 0.279. The molecule has 0 amide bonds. The fraction of sp³-hybridized carbons (Fsp3) is 0.333. The number of hydrogen-bond acceptors (Lipinski definition) is 6. The molecule has 0 atom stereocenters. The fourth-order valence-electron chi connectivity index (χ4n) is 2.96. The Kier molecular flexibility index (Phi) is 7.48. The van der Waals surface area contributed by atoms with Gasteiger partial charge in [-0.3, -0.25) is 19.7 Å². The van der Waals surface area contributed by atoms with Crippen LogP contribution in [0.4, 0.5) is 5.95 Å². The molecule has 0 aliphatic heterocycles. The minimum absolute atomic E-state index is 0.0177. The van der Waals surface area contributed by atoms with Crippen LogP contribution in [0.15, 0.2) is 46.1 Å².